The van der Waals surface area contributed by atoms with Crippen LogP contribution < -0.4 is 10.1 Å². The van der Waals surface area contributed by atoms with Crippen molar-refractivity contribution in [2.45, 2.75) is 26.3 Å². The molecule has 0 radical (unpaired) electrons. The predicted molar refractivity (Wildman–Crippen MR) is 166 cm³/mol. The summed E-state index contributed by atoms with van der Waals surface area (Å²) in [6.07, 6.45) is 1.90. The summed E-state index contributed by atoms with van der Waals surface area (Å²) in [5, 5.41) is 2.98. The monoisotopic (exact) mass is 558 g/mol. The highest BCUT2D eigenvalue weighted by Gasteiger charge is 2.21. The van der Waals surface area contributed by atoms with E-state index in [2.05, 4.69) is 31.3 Å². The second-order valence-corrected chi connectivity index (χ2v) is 10.4. The molecule has 0 saturated carbocycles. The van der Waals surface area contributed by atoms with Crippen molar-refractivity contribution in [2.75, 3.05) is 19.0 Å². The average molecular weight is 559 g/mol. The number of nitrogens with zero attached hydrogens (tertiary/aromatic N) is 3. The van der Waals surface area contributed by atoms with Gasteiger partial charge in [0.25, 0.3) is 5.91 Å². The smallest absolute Gasteiger partial charge is 0.254 e. The third-order valence-corrected chi connectivity index (χ3v) is 7.04. The standard InChI is InChI=1S/C35H34N4O3/c1-25(2)27-14-18-30(19-15-27)39-23-32(28-16-20-31(42-3)21-17-28)36-35(39)37-33(40)24-38(22-26-10-6-4-7-11-26)34(41)29-12-8-5-9-13-29/h4-21,23,25H,22,24H2,1-3H3,(H,36,37,40). The molecular weight excluding hydrogens is 524 g/mol. The second kappa shape index (κ2) is 13.0. The van der Waals surface area contributed by atoms with Gasteiger partial charge in [0.1, 0.15) is 12.3 Å². The molecule has 7 heteroatoms. The molecule has 0 bridgehead atoms. The van der Waals surface area contributed by atoms with E-state index in [1.165, 1.54) is 5.56 Å². The molecule has 42 heavy (non-hydrogen) atoms. The molecule has 0 fully saturated rings. The molecule has 7 nitrogen and oxygen atoms in total. The molecule has 0 aliphatic carbocycles. The molecule has 0 unspecified atom stereocenters. The van der Waals surface area contributed by atoms with Gasteiger partial charge in [0.05, 0.1) is 12.8 Å². The maximum absolute atomic E-state index is 13.5. The summed E-state index contributed by atoms with van der Waals surface area (Å²) in [5.74, 6) is 0.949. The topological polar surface area (TPSA) is 76.5 Å². The number of anilines is 1. The van der Waals surface area contributed by atoms with E-state index in [1.807, 2.05) is 95.7 Å². The fourth-order valence-corrected chi connectivity index (χ4v) is 4.69. The van der Waals surface area contributed by atoms with Crippen LogP contribution in [0.15, 0.2) is 115 Å². The van der Waals surface area contributed by atoms with Gasteiger partial charge in [-0.25, -0.2) is 4.98 Å². The molecule has 0 atom stereocenters. The highest BCUT2D eigenvalue weighted by Crippen LogP contribution is 2.27. The number of carbonyl (C=O) groups excluding carboxylic acids is 2. The van der Waals surface area contributed by atoms with Crippen LogP contribution in [-0.2, 0) is 11.3 Å². The van der Waals surface area contributed by atoms with Crippen LogP contribution in [0.2, 0.25) is 0 Å². The summed E-state index contributed by atoms with van der Waals surface area (Å²) in [6, 6.07) is 34.5. The number of hydrogen-bond acceptors (Lipinski definition) is 4. The minimum atomic E-state index is -0.345. The van der Waals surface area contributed by atoms with E-state index in [0.717, 1.165) is 22.6 Å². The minimum Gasteiger partial charge on any atom is -0.497 e. The molecule has 0 saturated heterocycles. The van der Waals surface area contributed by atoms with Crippen LogP contribution in [0, 0.1) is 0 Å². The van der Waals surface area contributed by atoms with Crippen LogP contribution in [0.5, 0.6) is 5.75 Å². The normalized spacial score (nSPS) is 10.9. The Hall–Kier alpha value is -5.17. The molecule has 5 aromatic rings. The van der Waals surface area contributed by atoms with Gasteiger partial charge in [-0.05, 0) is 65.6 Å². The number of aromatic nitrogens is 2. The Bertz CT molecular complexity index is 1630. The molecule has 1 aromatic heterocycles. The summed E-state index contributed by atoms with van der Waals surface area (Å²) >= 11 is 0. The Labute approximate surface area is 246 Å². The zero-order valence-corrected chi connectivity index (χ0v) is 24.0. The Morgan fingerprint density at radius 3 is 2.12 bits per heavy atom. The van der Waals surface area contributed by atoms with Gasteiger partial charge >= 0.3 is 0 Å². The highest BCUT2D eigenvalue weighted by molar-refractivity contribution is 5.99. The number of amides is 2. The van der Waals surface area contributed by atoms with Gasteiger partial charge in [-0.3, -0.25) is 19.5 Å². The fraction of sp³-hybridized carbons (Fsp3) is 0.171. The van der Waals surface area contributed by atoms with Crippen LogP contribution in [-0.4, -0.2) is 39.9 Å². The molecular formula is C35H34N4O3. The Morgan fingerprint density at radius 1 is 0.857 bits per heavy atom. The van der Waals surface area contributed by atoms with E-state index in [9.17, 15) is 9.59 Å². The lowest BCUT2D eigenvalue weighted by Gasteiger charge is -2.22. The van der Waals surface area contributed by atoms with Crippen molar-refractivity contribution in [3.63, 3.8) is 0 Å². The van der Waals surface area contributed by atoms with Gasteiger partial charge in [0.15, 0.2) is 0 Å². The summed E-state index contributed by atoms with van der Waals surface area (Å²) in [4.78, 5) is 33.3. The average Bonchev–Trinajstić information content (AvgIpc) is 3.44. The first-order valence-electron chi connectivity index (χ1n) is 13.9. The lowest BCUT2D eigenvalue weighted by atomic mass is 10.0. The molecule has 5 rings (SSSR count). The zero-order chi connectivity index (χ0) is 29.5. The van der Waals surface area contributed by atoms with Crippen molar-refractivity contribution < 1.29 is 14.3 Å². The predicted octanol–water partition coefficient (Wildman–Crippen LogP) is 6.95. The van der Waals surface area contributed by atoms with Crippen molar-refractivity contribution >= 4 is 17.8 Å². The SMILES string of the molecule is COc1ccc(-c2cn(-c3ccc(C(C)C)cc3)c(NC(=O)CN(Cc3ccccc3)C(=O)c3ccccc3)n2)cc1. The Balaban J connectivity index is 1.44. The third kappa shape index (κ3) is 6.75. The number of carbonyl (C=O) groups is 2. The van der Waals surface area contributed by atoms with E-state index in [4.69, 9.17) is 9.72 Å². The van der Waals surface area contributed by atoms with Crippen molar-refractivity contribution in [3.8, 4) is 22.7 Å². The summed E-state index contributed by atoms with van der Waals surface area (Å²) in [7, 11) is 1.63. The van der Waals surface area contributed by atoms with Crippen LogP contribution >= 0.6 is 0 Å². The van der Waals surface area contributed by atoms with Gasteiger partial charge in [-0.15, -0.1) is 0 Å². The number of imidazole rings is 1. The number of ether oxygens (including phenoxy) is 1. The first-order chi connectivity index (χ1) is 20.4. The molecule has 0 aliphatic rings. The van der Waals surface area contributed by atoms with Gasteiger partial charge in [0, 0.05) is 29.6 Å². The lowest BCUT2D eigenvalue weighted by molar-refractivity contribution is -0.117. The number of benzene rings is 4. The third-order valence-electron chi connectivity index (χ3n) is 7.04. The van der Waals surface area contributed by atoms with Gasteiger partial charge < -0.3 is 9.64 Å². The lowest BCUT2D eigenvalue weighted by Crippen LogP contribution is -2.38. The minimum absolute atomic E-state index is 0.139. The second-order valence-electron chi connectivity index (χ2n) is 10.4. The van der Waals surface area contributed by atoms with E-state index in [0.29, 0.717) is 29.7 Å². The van der Waals surface area contributed by atoms with Crippen LogP contribution in [0.25, 0.3) is 16.9 Å². The Morgan fingerprint density at radius 2 is 1.50 bits per heavy atom. The number of rotatable bonds is 10. The van der Waals surface area contributed by atoms with Crippen LogP contribution in [0.1, 0.15) is 41.3 Å². The van der Waals surface area contributed by atoms with Gasteiger partial charge in [0.2, 0.25) is 11.9 Å². The van der Waals surface area contributed by atoms with Gasteiger partial charge in [-0.1, -0.05) is 74.5 Å². The maximum atomic E-state index is 13.5. The Kier molecular flexibility index (Phi) is 8.78. The van der Waals surface area contributed by atoms with E-state index < -0.39 is 0 Å². The van der Waals surface area contributed by atoms with Crippen molar-refractivity contribution in [3.05, 3.63) is 132 Å². The maximum Gasteiger partial charge on any atom is 0.254 e. The number of nitrogens with one attached hydrogen (secondary N) is 1. The van der Waals surface area contributed by atoms with E-state index in [-0.39, 0.29) is 18.4 Å². The molecule has 4 aromatic carbocycles. The summed E-state index contributed by atoms with van der Waals surface area (Å²) in [6.45, 7) is 4.46. The van der Waals surface area contributed by atoms with E-state index >= 15 is 0 Å². The van der Waals surface area contributed by atoms with Crippen molar-refractivity contribution in [1.82, 2.24) is 14.5 Å². The van der Waals surface area contributed by atoms with Crippen molar-refractivity contribution in [1.29, 1.82) is 0 Å². The zero-order valence-electron chi connectivity index (χ0n) is 24.0. The summed E-state index contributed by atoms with van der Waals surface area (Å²) < 4.78 is 7.17. The first-order valence-corrected chi connectivity index (χ1v) is 13.9. The molecule has 212 valence electrons. The first kappa shape index (κ1) is 28.4. The van der Waals surface area contributed by atoms with Crippen molar-refractivity contribution in [2.24, 2.45) is 0 Å². The molecule has 0 aliphatic heterocycles. The highest BCUT2D eigenvalue weighted by atomic mass is 16.5. The van der Waals surface area contributed by atoms with E-state index in [1.54, 1.807) is 24.1 Å². The summed E-state index contributed by atoms with van der Waals surface area (Å²) in [5.41, 5.74) is 5.12. The van der Waals surface area contributed by atoms with Crippen LogP contribution in [0.4, 0.5) is 5.95 Å². The molecule has 0 spiro atoms. The fourth-order valence-electron chi connectivity index (χ4n) is 4.69. The molecule has 1 heterocycles. The molecule has 1 N–H and O–H groups in total. The number of hydrogen-bond donors (Lipinski definition) is 1. The van der Waals surface area contributed by atoms with Gasteiger partial charge in [-0.2, -0.15) is 0 Å². The molecule has 2 amide bonds. The quantitative estimate of drug-likeness (QED) is 0.201. The largest absolute Gasteiger partial charge is 0.497 e. The number of methoxy groups -OCH3 is 1. The van der Waals surface area contributed by atoms with Crippen LogP contribution in [0.3, 0.4) is 0 Å².